The van der Waals surface area contributed by atoms with E-state index < -0.39 is 45.7 Å². The highest BCUT2D eigenvalue weighted by atomic mass is 16.6. The average Bonchev–Trinajstić information content (AvgIpc) is 3.19. The molecule has 11 heteroatoms. The van der Waals surface area contributed by atoms with Gasteiger partial charge in [0.2, 0.25) is 0 Å². The number of aliphatic carboxylic acids is 2. The number of nitrogens with zero attached hydrogens (tertiary/aromatic N) is 2. The van der Waals surface area contributed by atoms with Gasteiger partial charge in [0.05, 0.1) is 15.8 Å². The lowest BCUT2D eigenvalue weighted by Gasteiger charge is -2.57. The number of likely N-dealkylation sites (tertiary alicyclic amines) is 1. The van der Waals surface area contributed by atoms with Crippen LogP contribution in [0.5, 0.6) is 0 Å². The highest BCUT2D eigenvalue weighted by molar-refractivity contribution is 5.84. The summed E-state index contributed by atoms with van der Waals surface area (Å²) in [6.45, 7) is 9.84. The summed E-state index contributed by atoms with van der Waals surface area (Å²) in [6, 6.07) is 26.1. The number of carboxylic acids is 2. The summed E-state index contributed by atoms with van der Waals surface area (Å²) >= 11 is 0. The summed E-state index contributed by atoms with van der Waals surface area (Å²) in [5.74, 6) is -3.38. The summed E-state index contributed by atoms with van der Waals surface area (Å²) in [5.41, 5.74) is -0.412. The van der Waals surface area contributed by atoms with Gasteiger partial charge in [-0.2, -0.15) is 0 Å². The van der Waals surface area contributed by atoms with E-state index >= 15 is 0 Å². The second-order valence-electron chi connectivity index (χ2n) is 15.5. The molecule has 3 aromatic carbocycles. The Balaban J connectivity index is 1.26. The van der Waals surface area contributed by atoms with Gasteiger partial charge in [-0.25, -0.2) is 0 Å². The van der Waals surface area contributed by atoms with Gasteiger partial charge in [-0.15, -0.1) is 0 Å². The van der Waals surface area contributed by atoms with Crippen molar-refractivity contribution in [3.63, 3.8) is 0 Å². The van der Waals surface area contributed by atoms with E-state index in [1.54, 1.807) is 19.9 Å². The molecule has 2 fully saturated rings. The maximum atomic E-state index is 13.6. The van der Waals surface area contributed by atoms with Crippen LogP contribution in [0.4, 0.5) is 5.69 Å². The van der Waals surface area contributed by atoms with Crippen molar-refractivity contribution in [3.05, 3.63) is 112 Å². The minimum atomic E-state index is -1.62. The van der Waals surface area contributed by atoms with Crippen molar-refractivity contribution in [3.8, 4) is 0 Å². The molecule has 2 saturated heterocycles. The third-order valence-electron chi connectivity index (χ3n) is 12.6. The van der Waals surface area contributed by atoms with Crippen LogP contribution in [0.3, 0.4) is 0 Å². The Morgan fingerprint density at radius 1 is 0.782 bits per heavy atom. The number of nitro groups is 1. The van der Waals surface area contributed by atoms with Gasteiger partial charge in [0.1, 0.15) is 0 Å². The van der Waals surface area contributed by atoms with E-state index in [2.05, 4.69) is 70.9 Å². The highest BCUT2D eigenvalue weighted by Crippen LogP contribution is 2.59. The minimum Gasteiger partial charge on any atom is -0.481 e. The average molecular weight is 758 g/mol. The first-order chi connectivity index (χ1) is 26.5. The first kappa shape index (κ1) is 42.0. The van der Waals surface area contributed by atoms with Crippen LogP contribution in [-0.2, 0) is 24.5 Å². The standard InChI is InChI=1S/C44H59N3O8/c1-4-5-28-55-31-24-44(41(50)51)34(3)45-33(2)43(40(48)49,39(44)35-15-12-20-38(32-35)47(52)53)21-13-29-54-30-14-25-46-26-22-42(23-27-46,36-16-8-6-9-17-36)37-18-10-7-11-19-37/h6-12,15-20,32-34,39,45H,4-5,13-14,21-31H2,1-3H3,(H,48,49)(H,50,51)/t33?,34-,39?,43?,44?/m0/s1. The predicted molar refractivity (Wildman–Crippen MR) is 212 cm³/mol. The number of unbranched alkanes of at least 4 members (excludes halogenated alkanes) is 1. The molecule has 298 valence electrons. The minimum absolute atomic E-state index is 0.0125. The number of ether oxygens (including phenoxy) is 2. The zero-order valence-corrected chi connectivity index (χ0v) is 32.7. The molecule has 0 saturated carbocycles. The van der Waals surface area contributed by atoms with Crippen molar-refractivity contribution in [1.82, 2.24) is 10.2 Å². The normalized spacial score (nSPS) is 25.3. The van der Waals surface area contributed by atoms with Gasteiger partial charge in [-0.1, -0.05) is 86.1 Å². The highest BCUT2D eigenvalue weighted by Gasteiger charge is 2.66. The Morgan fingerprint density at radius 2 is 1.33 bits per heavy atom. The smallest absolute Gasteiger partial charge is 0.311 e. The topological polar surface area (TPSA) is 151 Å². The molecule has 2 aliphatic rings. The molecule has 0 spiro atoms. The first-order valence-corrected chi connectivity index (χ1v) is 20.0. The van der Waals surface area contributed by atoms with E-state index in [0.29, 0.717) is 31.8 Å². The van der Waals surface area contributed by atoms with Crippen molar-refractivity contribution in [2.45, 2.75) is 95.6 Å². The molecule has 2 aliphatic heterocycles. The molecule has 3 aromatic rings. The van der Waals surface area contributed by atoms with Crippen LogP contribution in [0.1, 0.15) is 94.7 Å². The lowest BCUT2D eigenvalue weighted by Crippen LogP contribution is -2.69. The van der Waals surface area contributed by atoms with Crippen LogP contribution >= 0.6 is 0 Å². The molecule has 0 amide bonds. The quantitative estimate of drug-likeness (QED) is 0.0595. The monoisotopic (exact) mass is 757 g/mol. The molecule has 0 aromatic heterocycles. The number of piperidine rings is 2. The third-order valence-corrected chi connectivity index (χ3v) is 12.6. The van der Waals surface area contributed by atoms with Crippen LogP contribution in [0.15, 0.2) is 84.9 Å². The number of carbonyl (C=O) groups is 2. The molecule has 4 unspecified atom stereocenters. The summed E-state index contributed by atoms with van der Waals surface area (Å²) in [4.78, 5) is 41.0. The molecule has 5 rings (SSSR count). The largest absolute Gasteiger partial charge is 0.481 e. The molecule has 2 heterocycles. The fourth-order valence-electron chi connectivity index (χ4n) is 9.56. The van der Waals surface area contributed by atoms with Gasteiger partial charge in [-0.3, -0.25) is 19.7 Å². The van der Waals surface area contributed by atoms with E-state index in [1.165, 1.54) is 29.3 Å². The van der Waals surface area contributed by atoms with Gasteiger partial charge >= 0.3 is 11.9 Å². The number of hydrogen-bond donors (Lipinski definition) is 3. The van der Waals surface area contributed by atoms with Crippen molar-refractivity contribution in [2.75, 3.05) is 46.1 Å². The number of non-ortho nitro benzene ring substituents is 1. The molecule has 5 atom stereocenters. The summed E-state index contributed by atoms with van der Waals surface area (Å²) in [6.07, 6.45) is 5.16. The summed E-state index contributed by atoms with van der Waals surface area (Å²) in [5, 5.41) is 37.4. The van der Waals surface area contributed by atoms with E-state index in [4.69, 9.17) is 9.47 Å². The van der Waals surface area contributed by atoms with Gasteiger partial charge in [0.15, 0.2) is 0 Å². The fourth-order valence-corrected chi connectivity index (χ4v) is 9.56. The molecule has 3 N–H and O–H groups in total. The molecule has 11 nitrogen and oxygen atoms in total. The second kappa shape index (κ2) is 19.1. The molecular weight excluding hydrogens is 698 g/mol. The second-order valence-corrected chi connectivity index (χ2v) is 15.5. The molecular formula is C44H59N3O8. The number of carboxylic acid groups (broad SMARTS) is 2. The van der Waals surface area contributed by atoms with Crippen molar-refractivity contribution >= 4 is 17.6 Å². The number of benzene rings is 3. The van der Waals surface area contributed by atoms with E-state index in [-0.39, 0.29) is 30.6 Å². The van der Waals surface area contributed by atoms with E-state index in [9.17, 15) is 29.9 Å². The van der Waals surface area contributed by atoms with Crippen molar-refractivity contribution < 1.29 is 34.2 Å². The molecule has 0 aliphatic carbocycles. The van der Waals surface area contributed by atoms with Gasteiger partial charge in [0, 0.05) is 68.5 Å². The van der Waals surface area contributed by atoms with Crippen LogP contribution in [-0.4, -0.2) is 90.1 Å². The van der Waals surface area contributed by atoms with Crippen LogP contribution in [0.2, 0.25) is 0 Å². The van der Waals surface area contributed by atoms with E-state index in [1.807, 2.05) is 6.92 Å². The zero-order chi connectivity index (χ0) is 39.5. The predicted octanol–water partition coefficient (Wildman–Crippen LogP) is 7.68. The third kappa shape index (κ3) is 8.96. The van der Waals surface area contributed by atoms with E-state index in [0.717, 1.165) is 51.7 Å². The van der Waals surface area contributed by atoms with Crippen LogP contribution in [0.25, 0.3) is 0 Å². The molecule has 0 bridgehead atoms. The Hall–Kier alpha value is -4.16. The maximum absolute atomic E-state index is 13.6. The Morgan fingerprint density at radius 3 is 1.89 bits per heavy atom. The Kier molecular flexibility index (Phi) is 14.6. The number of nitrogens with one attached hydrogen (secondary N) is 1. The van der Waals surface area contributed by atoms with Crippen molar-refractivity contribution in [2.24, 2.45) is 10.8 Å². The van der Waals surface area contributed by atoms with Crippen LogP contribution in [0, 0.1) is 20.9 Å². The first-order valence-electron chi connectivity index (χ1n) is 20.0. The number of rotatable bonds is 20. The van der Waals surface area contributed by atoms with Gasteiger partial charge in [-0.05, 0) is 88.6 Å². The number of nitro benzene ring substituents is 1. The van der Waals surface area contributed by atoms with Crippen LogP contribution < -0.4 is 5.32 Å². The molecule has 55 heavy (non-hydrogen) atoms. The van der Waals surface area contributed by atoms with Gasteiger partial charge in [0.25, 0.3) is 5.69 Å². The van der Waals surface area contributed by atoms with Crippen molar-refractivity contribution in [1.29, 1.82) is 0 Å². The lowest BCUT2D eigenvalue weighted by molar-refractivity contribution is -0.385. The lowest BCUT2D eigenvalue weighted by atomic mass is 9.49. The molecule has 0 radical (unpaired) electrons. The fraction of sp³-hybridized carbons (Fsp3) is 0.545. The van der Waals surface area contributed by atoms with Gasteiger partial charge < -0.3 is 29.9 Å². The SMILES string of the molecule is CCCCOCCC1(C(=O)O)C(c2cccc([N+](=O)[O-])c2)C(CCCOCCCN2CCC(c3ccccc3)(c3ccccc3)CC2)(C(=O)O)C(C)N[C@H]1C. The number of hydrogen-bond acceptors (Lipinski definition) is 8. The maximum Gasteiger partial charge on any atom is 0.311 e. The Bertz CT molecular complexity index is 1660. The summed E-state index contributed by atoms with van der Waals surface area (Å²) in [7, 11) is 0. The zero-order valence-electron chi connectivity index (χ0n) is 32.7. The summed E-state index contributed by atoms with van der Waals surface area (Å²) < 4.78 is 12.0. The Labute approximate surface area is 325 Å².